The van der Waals surface area contributed by atoms with Gasteiger partial charge in [0.05, 0.1) is 5.56 Å². The molecule has 0 saturated carbocycles. The molecule has 2 aliphatic heterocycles. The van der Waals surface area contributed by atoms with Gasteiger partial charge in [-0.1, -0.05) is 54.6 Å². The number of amides is 2. The first-order valence-corrected chi connectivity index (χ1v) is 17.5. The molecule has 12 heteroatoms. The molecule has 2 heterocycles. The summed E-state index contributed by atoms with van der Waals surface area (Å²) in [6.45, 7) is 0.274. The minimum Gasteiger partial charge on any atom is -0.508 e. The molecule has 5 N–H and O–H groups in total. The summed E-state index contributed by atoms with van der Waals surface area (Å²) in [6.07, 6.45) is 0.0974. The summed E-state index contributed by atoms with van der Waals surface area (Å²) in [5.41, 5.74) is 4.61. The van der Waals surface area contributed by atoms with Gasteiger partial charge in [-0.15, -0.1) is 0 Å². The number of hydrogen-bond acceptors (Lipinski definition) is 9. The highest BCUT2D eigenvalue weighted by Gasteiger charge is 2.53. The number of carbonyl (C=O) groups excluding carboxylic acids is 3. The van der Waals surface area contributed by atoms with Crippen LogP contribution in [0, 0.1) is 0 Å². The third-order valence-corrected chi connectivity index (χ3v) is 10.2. The molecular weight excluding hydrogens is 692 g/mol. The largest absolute Gasteiger partial charge is 0.508 e. The van der Waals surface area contributed by atoms with E-state index in [1.54, 1.807) is 24.3 Å². The van der Waals surface area contributed by atoms with Gasteiger partial charge in [-0.05, 0) is 77.9 Å². The van der Waals surface area contributed by atoms with Crippen LogP contribution in [0.25, 0.3) is 11.1 Å². The molecule has 5 aromatic rings. The molecular formula is C42H34N2O10. The summed E-state index contributed by atoms with van der Waals surface area (Å²) in [7, 11) is 0. The molecule has 2 amide bonds. The van der Waals surface area contributed by atoms with Gasteiger partial charge in [0.2, 0.25) is 0 Å². The van der Waals surface area contributed by atoms with Crippen LogP contribution in [0.15, 0.2) is 103 Å². The molecule has 1 unspecified atom stereocenters. The Hall–Kier alpha value is -6.82. The second kappa shape index (κ2) is 13.6. The lowest BCUT2D eigenvalue weighted by Gasteiger charge is -2.36. The lowest BCUT2D eigenvalue weighted by atomic mass is 9.77. The predicted molar refractivity (Wildman–Crippen MR) is 194 cm³/mol. The number of fused-ring (bicyclic) bond motifs is 9. The first kappa shape index (κ1) is 34.3. The minimum absolute atomic E-state index is 0.0593. The number of carboxylic acid groups (broad SMARTS) is 1. The van der Waals surface area contributed by atoms with Gasteiger partial charge in [0, 0.05) is 46.8 Å². The van der Waals surface area contributed by atoms with Gasteiger partial charge in [0.25, 0.3) is 5.91 Å². The van der Waals surface area contributed by atoms with Crippen molar-refractivity contribution < 1.29 is 48.7 Å². The van der Waals surface area contributed by atoms with Crippen LogP contribution in [0.3, 0.4) is 0 Å². The Kier molecular flexibility index (Phi) is 8.65. The van der Waals surface area contributed by atoms with Crippen LogP contribution in [0.1, 0.15) is 73.7 Å². The van der Waals surface area contributed by atoms with Gasteiger partial charge in [0.15, 0.2) is 5.60 Å². The molecule has 0 fully saturated rings. The van der Waals surface area contributed by atoms with E-state index in [0.717, 1.165) is 22.3 Å². The van der Waals surface area contributed by atoms with Crippen LogP contribution in [0.5, 0.6) is 23.0 Å². The number of carboxylic acids is 1. The summed E-state index contributed by atoms with van der Waals surface area (Å²) < 4.78 is 17.6. The molecule has 1 atom stereocenters. The Bertz CT molecular complexity index is 2260. The summed E-state index contributed by atoms with van der Waals surface area (Å²) in [6, 6.07) is 28.3. The molecule has 1 aliphatic carbocycles. The number of aliphatic carboxylic acids is 1. The topological polar surface area (TPSA) is 181 Å². The standard InChI is InChI=1S/C42H34N2O10/c45-24-13-16-33-36(20-24)53-37-21-25(46)14-17-34(37)42(33)32-15-12-23(19-30(32)40(50)54-42)38(47)43-18-6-5-11-35(39(48)49)44-41(51)52-22-31-28-9-3-1-7-26(28)27-8-2-4-10-29(27)31/h1-4,7-10,12-17,19-21,31,35,45-46H,5-6,11,18,22H2,(H,43,47)(H,44,51)(H,48,49). The first-order chi connectivity index (χ1) is 26.1. The van der Waals surface area contributed by atoms with Crippen LogP contribution in [0.2, 0.25) is 0 Å². The molecule has 0 saturated heterocycles. The Morgan fingerprint density at radius 3 is 2.00 bits per heavy atom. The van der Waals surface area contributed by atoms with Crippen molar-refractivity contribution in [3.05, 3.63) is 142 Å². The maximum absolute atomic E-state index is 13.4. The lowest BCUT2D eigenvalue weighted by molar-refractivity contribution is -0.139. The monoisotopic (exact) mass is 726 g/mol. The third kappa shape index (κ3) is 5.91. The number of ether oxygens (including phenoxy) is 3. The summed E-state index contributed by atoms with van der Waals surface area (Å²) in [5, 5.41) is 35.3. The number of rotatable bonds is 10. The summed E-state index contributed by atoms with van der Waals surface area (Å²) >= 11 is 0. The molecule has 54 heavy (non-hydrogen) atoms. The molecule has 0 aromatic heterocycles. The number of aromatic hydroxyl groups is 2. The molecule has 272 valence electrons. The number of benzene rings is 5. The van der Waals surface area contributed by atoms with Crippen LogP contribution in [0.4, 0.5) is 4.79 Å². The zero-order valence-corrected chi connectivity index (χ0v) is 28.7. The van der Waals surface area contributed by atoms with E-state index in [9.17, 15) is 34.5 Å². The number of esters is 1. The highest BCUT2D eigenvalue weighted by Crippen LogP contribution is 2.57. The van der Waals surface area contributed by atoms with Crippen molar-refractivity contribution in [1.29, 1.82) is 0 Å². The van der Waals surface area contributed by atoms with Crippen LogP contribution < -0.4 is 15.4 Å². The summed E-state index contributed by atoms with van der Waals surface area (Å²) in [5.74, 6) is -2.09. The maximum Gasteiger partial charge on any atom is 0.407 e. The fourth-order valence-electron chi connectivity index (χ4n) is 7.66. The van der Waals surface area contributed by atoms with Gasteiger partial charge < -0.3 is 40.2 Å². The summed E-state index contributed by atoms with van der Waals surface area (Å²) in [4.78, 5) is 51.2. The van der Waals surface area contributed by atoms with Crippen molar-refractivity contribution in [3.8, 4) is 34.1 Å². The number of phenolic OH excluding ortho intramolecular Hbond substituents is 2. The average Bonchev–Trinajstić information content (AvgIpc) is 3.64. The Morgan fingerprint density at radius 2 is 1.37 bits per heavy atom. The number of unbranched alkanes of at least 4 members (excludes halogenated alkanes) is 1. The minimum atomic E-state index is -1.44. The third-order valence-electron chi connectivity index (χ3n) is 10.2. The van der Waals surface area contributed by atoms with E-state index in [1.165, 1.54) is 30.3 Å². The molecule has 5 aromatic carbocycles. The molecule has 1 spiro atoms. The van der Waals surface area contributed by atoms with Gasteiger partial charge >= 0.3 is 18.0 Å². The smallest absolute Gasteiger partial charge is 0.407 e. The van der Waals surface area contributed by atoms with Gasteiger partial charge in [-0.2, -0.15) is 0 Å². The van der Waals surface area contributed by atoms with E-state index >= 15 is 0 Å². The molecule has 8 rings (SSSR count). The normalized spacial score (nSPS) is 14.7. The van der Waals surface area contributed by atoms with Gasteiger partial charge in [0.1, 0.15) is 35.6 Å². The van der Waals surface area contributed by atoms with Crippen LogP contribution >= 0.6 is 0 Å². The SMILES string of the molecule is O=C(NC(CCCCNC(=O)c1ccc2c(c1)C(=O)OC21c2ccc(O)cc2Oc2cc(O)ccc21)C(=O)O)OCC1c2ccccc2-c2ccccc21. The Morgan fingerprint density at radius 1 is 0.759 bits per heavy atom. The molecule has 0 bridgehead atoms. The lowest BCUT2D eigenvalue weighted by Crippen LogP contribution is -2.41. The first-order valence-electron chi connectivity index (χ1n) is 17.5. The van der Waals surface area contributed by atoms with E-state index in [4.69, 9.17) is 14.2 Å². The molecule has 0 radical (unpaired) electrons. The zero-order chi connectivity index (χ0) is 37.6. The van der Waals surface area contributed by atoms with Crippen molar-refractivity contribution in [1.82, 2.24) is 10.6 Å². The quantitative estimate of drug-likeness (QED) is 0.0782. The predicted octanol–water partition coefficient (Wildman–Crippen LogP) is 6.56. The van der Waals surface area contributed by atoms with E-state index < -0.39 is 35.6 Å². The number of hydrogen-bond donors (Lipinski definition) is 5. The van der Waals surface area contributed by atoms with E-state index in [1.807, 2.05) is 48.5 Å². The fraction of sp³-hybridized carbons (Fsp3) is 0.190. The molecule has 12 nitrogen and oxygen atoms in total. The number of phenols is 2. The second-order valence-electron chi connectivity index (χ2n) is 13.4. The Labute approximate surface area is 308 Å². The van der Waals surface area contributed by atoms with Crippen molar-refractivity contribution in [3.63, 3.8) is 0 Å². The fourth-order valence-corrected chi connectivity index (χ4v) is 7.66. The van der Waals surface area contributed by atoms with E-state index in [-0.39, 0.29) is 59.6 Å². The van der Waals surface area contributed by atoms with Crippen LogP contribution in [-0.4, -0.2) is 58.5 Å². The van der Waals surface area contributed by atoms with Crippen LogP contribution in [-0.2, 0) is 19.9 Å². The maximum atomic E-state index is 13.4. The van der Waals surface area contributed by atoms with Gasteiger partial charge in [-0.3, -0.25) is 4.79 Å². The van der Waals surface area contributed by atoms with E-state index in [0.29, 0.717) is 29.5 Å². The zero-order valence-electron chi connectivity index (χ0n) is 28.7. The van der Waals surface area contributed by atoms with Crippen molar-refractivity contribution in [2.24, 2.45) is 0 Å². The number of carbonyl (C=O) groups is 4. The number of nitrogens with one attached hydrogen (secondary N) is 2. The molecule has 3 aliphatic rings. The number of alkyl carbamates (subject to hydrolysis) is 1. The van der Waals surface area contributed by atoms with Crippen molar-refractivity contribution in [2.45, 2.75) is 36.8 Å². The Balaban J connectivity index is 0.873. The second-order valence-corrected chi connectivity index (χ2v) is 13.4. The van der Waals surface area contributed by atoms with Crippen molar-refractivity contribution in [2.75, 3.05) is 13.2 Å². The highest BCUT2D eigenvalue weighted by atomic mass is 16.6. The average molecular weight is 727 g/mol. The van der Waals surface area contributed by atoms with Gasteiger partial charge in [-0.25, -0.2) is 14.4 Å². The highest BCUT2D eigenvalue weighted by molar-refractivity contribution is 6.01. The van der Waals surface area contributed by atoms with Crippen molar-refractivity contribution >= 4 is 23.9 Å². The van der Waals surface area contributed by atoms with E-state index in [2.05, 4.69) is 10.6 Å².